The number of pyridine rings is 1. The van der Waals surface area contributed by atoms with Gasteiger partial charge < -0.3 is 10.5 Å². The normalized spacial score (nSPS) is 12.1. The van der Waals surface area contributed by atoms with Crippen LogP contribution in [-0.4, -0.2) is 4.98 Å². The van der Waals surface area contributed by atoms with Gasteiger partial charge in [-0.05, 0) is 18.6 Å². The van der Waals surface area contributed by atoms with Gasteiger partial charge in [-0.25, -0.2) is 4.98 Å². The Hall–Kier alpha value is -1.87. The molecular weight excluding hydrogens is 212 g/mol. The smallest absolute Gasteiger partial charge is 0.218 e. The standard InChI is InChI=1S/C14H16N2O/c1-11(15)13-8-5-9-16-14(13)17-10-12-6-3-2-4-7-12/h2-9,11H,10,15H2,1H3/t11-/m1/s1. The van der Waals surface area contributed by atoms with E-state index in [2.05, 4.69) is 4.98 Å². The Balaban J connectivity index is 2.09. The van der Waals surface area contributed by atoms with Gasteiger partial charge in [0.1, 0.15) is 6.61 Å². The highest BCUT2D eigenvalue weighted by atomic mass is 16.5. The van der Waals surface area contributed by atoms with Crippen LogP contribution in [0.4, 0.5) is 0 Å². The second-order valence-corrected chi connectivity index (χ2v) is 3.96. The second-order valence-electron chi connectivity index (χ2n) is 3.96. The molecule has 0 aliphatic rings. The summed E-state index contributed by atoms with van der Waals surface area (Å²) in [7, 11) is 0. The Bertz CT molecular complexity index is 469. The fraction of sp³-hybridized carbons (Fsp3) is 0.214. The molecule has 0 amide bonds. The molecule has 3 heteroatoms. The molecule has 0 aliphatic heterocycles. The topological polar surface area (TPSA) is 48.1 Å². The predicted octanol–water partition coefficient (Wildman–Crippen LogP) is 2.68. The molecule has 0 saturated heterocycles. The number of hydrogen-bond donors (Lipinski definition) is 1. The number of rotatable bonds is 4. The predicted molar refractivity (Wildman–Crippen MR) is 67.6 cm³/mol. The van der Waals surface area contributed by atoms with E-state index in [1.807, 2.05) is 49.4 Å². The average Bonchev–Trinajstić information content (AvgIpc) is 2.38. The first-order valence-electron chi connectivity index (χ1n) is 5.64. The van der Waals surface area contributed by atoms with Crippen molar-refractivity contribution in [2.75, 3.05) is 0 Å². The minimum atomic E-state index is -0.0746. The van der Waals surface area contributed by atoms with E-state index in [0.717, 1.165) is 11.1 Å². The molecule has 0 radical (unpaired) electrons. The van der Waals surface area contributed by atoms with Crippen LogP contribution in [-0.2, 0) is 6.61 Å². The summed E-state index contributed by atoms with van der Waals surface area (Å²) in [5.41, 5.74) is 7.92. The van der Waals surface area contributed by atoms with Crippen LogP contribution in [0.3, 0.4) is 0 Å². The van der Waals surface area contributed by atoms with Crippen LogP contribution < -0.4 is 10.5 Å². The van der Waals surface area contributed by atoms with Crippen LogP contribution in [0.25, 0.3) is 0 Å². The van der Waals surface area contributed by atoms with E-state index in [-0.39, 0.29) is 6.04 Å². The highest BCUT2D eigenvalue weighted by Gasteiger charge is 2.08. The van der Waals surface area contributed by atoms with Crippen molar-refractivity contribution in [1.82, 2.24) is 4.98 Å². The highest BCUT2D eigenvalue weighted by molar-refractivity contribution is 5.28. The number of benzene rings is 1. The van der Waals surface area contributed by atoms with Crippen molar-refractivity contribution in [3.05, 3.63) is 59.8 Å². The van der Waals surface area contributed by atoms with E-state index in [1.165, 1.54) is 0 Å². The Morgan fingerprint density at radius 3 is 2.65 bits per heavy atom. The van der Waals surface area contributed by atoms with E-state index in [4.69, 9.17) is 10.5 Å². The molecule has 0 saturated carbocycles. The molecule has 0 aliphatic carbocycles. The third kappa shape index (κ3) is 3.04. The van der Waals surface area contributed by atoms with Crippen molar-refractivity contribution >= 4 is 0 Å². The number of ether oxygens (including phenoxy) is 1. The molecule has 2 N–H and O–H groups in total. The zero-order valence-electron chi connectivity index (χ0n) is 9.84. The van der Waals surface area contributed by atoms with Gasteiger partial charge in [-0.3, -0.25) is 0 Å². The lowest BCUT2D eigenvalue weighted by molar-refractivity contribution is 0.289. The maximum atomic E-state index is 5.86. The van der Waals surface area contributed by atoms with Crippen molar-refractivity contribution in [3.63, 3.8) is 0 Å². The Morgan fingerprint density at radius 1 is 1.18 bits per heavy atom. The molecule has 1 heterocycles. The minimum absolute atomic E-state index is 0.0746. The first kappa shape index (κ1) is 11.6. The van der Waals surface area contributed by atoms with Crippen LogP contribution in [0, 0.1) is 0 Å². The van der Waals surface area contributed by atoms with Gasteiger partial charge in [-0.1, -0.05) is 36.4 Å². The summed E-state index contributed by atoms with van der Waals surface area (Å²) in [6, 6.07) is 13.7. The van der Waals surface area contributed by atoms with Crippen LogP contribution in [0.1, 0.15) is 24.1 Å². The molecule has 0 spiro atoms. The SMILES string of the molecule is C[C@@H](N)c1cccnc1OCc1ccccc1. The minimum Gasteiger partial charge on any atom is -0.473 e. The first-order chi connectivity index (χ1) is 8.27. The van der Waals surface area contributed by atoms with Crippen LogP contribution in [0.2, 0.25) is 0 Å². The van der Waals surface area contributed by atoms with E-state index in [0.29, 0.717) is 12.5 Å². The van der Waals surface area contributed by atoms with Crippen molar-refractivity contribution in [2.24, 2.45) is 5.73 Å². The molecule has 0 fully saturated rings. The molecule has 0 bridgehead atoms. The van der Waals surface area contributed by atoms with Gasteiger partial charge in [0.15, 0.2) is 0 Å². The third-order valence-electron chi connectivity index (χ3n) is 2.51. The number of aromatic nitrogens is 1. The third-order valence-corrected chi connectivity index (χ3v) is 2.51. The van der Waals surface area contributed by atoms with Crippen LogP contribution in [0.5, 0.6) is 5.88 Å². The van der Waals surface area contributed by atoms with Gasteiger partial charge in [0.05, 0.1) is 0 Å². The molecule has 3 nitrogen and oxygen atoms in total. The summed E-state index contributed by atoms with van der Waals surface area (Å²) < 4.78 is 5.69. The Kier molecular flexibility index (Phi) is 3.73. The maximum Gasteiger partial charge on any atom is 0.218 e. The largest absolute Gasteiger partial charge is 0.473 e. The summed E-state index contributed by atoms with van der Waals surface area (Å²) >= 11 is 0. The Morgan fingerprint density at radius 2 is 1.94 bits per heavy atom. The monoisotopic (exact) mass is 228 g/mol. The number of hydrogen-bond acceptors (Lipinski definition) is 3. The van der Waals surface area contributed by atoms with Crippen molar-refractivity contribution in [3.8, 4) is 5.88 Å². The van der Waals surface area contributed by atoms with Gasteiger partial charge in [-0.15, -0.1) is 0 Å². The average molecular weight is 228 g/mol. The van der Waals surface area contributed by atoms with Crippen molar-refractivity contribution < 1.29 is 4.74 Å². The number of nitrogens with two attached hydrogens (primary N) is 1. The van der Waals surface area contributed by atoms with E-state index in [9.17, 15) is 0 Å². The van der Waals surface area contributed by atoms with E-state index < -0.39 is 0 Å². The molecule has 0 unspecified atom stereocenters. The van der Waals surface area contributed by atoms with Gasteiger partial charge >= 0.3 is 0 Å². The van der Waals surface area contributed by atoms with Crippen LogP contribution >= 0.6 is 0 Å². The molecule has 1 aromatic carbocycles. The molecule has 17 heavy (non-hydrogen) atoms. The summed E-state index contributed by atoms with van der Waals surface area (Å²) in [5, 5.41) is 0. The van der Waals surface area contributed by atoms with Gasteiger partial charge in [0.25, 0.3) is 0 Å². The summed E-state index contributed by atoms with van der Waals surface area (Å²) in [4.78, 5) is 4.21. The zero-order chi connectivity index (χ0) is 12.1. The summed E-state index contributed by atoms with van der Waals surface area (Å²) in [6.45, 7) is 2.43. The van der Waals surface area contributed by atoms with Gasteiger partial charge in [0.2, 0.25) is 5.88 Å². The first-order valence-corrected chi connectivity index (χ1v) is 5.64. The summed E-state index contributed by atoms with van der Waals surface area (Å²) in [5.74, 6) is 0.617. The lowest BCUT2D eigenvalue weighted by atomic mass is 10.1. The lowest BCUT2D eigenvalue weighted by Gasteiger charge is -2.12. The molecule has 1 atom stereocenters. The van der Waals surface area contributed by atoms with E-state index in [1.54, 1.807) is 6.20 Å². The fourth-order valence-electron chi connectivity index (χ4n) is 1.60. The maximum absolute atomic E-state index is 5.86. The zero-order valence-corrected chi connectivity index (χ0v) is 9.84. The quantitative estimate of drug-likeness (QED) is 0.875. The fourth-order valence-corrected chi connectivity index (χ4v) is 1.60. The second kappa shape index (κ2) is 5.46. The van der Waals surface area contributed by atoms with Gasteiger partial charge in [0, 0.05) is 17.8 Å². The summed E-state index contributed by atoms with van der Waals surface area (Å²) in [6.07, 6.45) is 1.71. The molecule has 2 rings (SSSR count). The lowest BCUT2D eigenvalue weighted by Crippen LogP contribution is -2.09. The highest BCUT2D eigenvalue weighted by Crippen LogP contribution is 2.21. The molecular formula is C14H16N2O. The number of nitrogens with zero attached hydrogens (tertiary/aromatic N) is 1. The van der Waals surface area contributed by atoms with E-state index >= 15 is 0 Å². The van der Waals surface area contributed by atoms with Crippen molar-refractivity contribution in [1.29, 1.82) is 0 Å². The molecule has 1 aromatic heterocycles. The van der Waals surface area contributed by atoms with Gasteiger partial charge in [-0.2, -0.15) is 0 Å². The van der Waals surface area contributed by atoms with Crippen LogP contribution in [0.15, 0.2) is 48.7 Å². The Labute approximate surface area is 101 Å². The molecule has 2 aromatic rings. The van der Waals surface area contributed by atoms with Crippen molar-refractivity contribution in [2.45, 2.75) is 19.6 Å². The molecule has 88 valence electrons.